The molecule has 0 aliphatic heterocycles. The summed E-state index contributed by atoms with van der Waals surface area (Å²) >= 11 is 3.14. The van der Waals surface area contributed by atoms with E-state index in [1.807, 2.05) is 6.07 Å². The van der Waals surface area contributed by atoms with Gasteiger partial charge >= 0.3 is 5.97 Å². The molecule has 7 aromatic rings. The molecular weight excluding hydrogens is 701 g/mol. The maximum atomic E-state index is 11.3. The largest absolute Gasteiger partial charge is 0.477 e. The molecule has 0 saturated heterocycles. The van der Waals surface area contributed by atoms with Crippen LogP contribution in [0.3, 0.4) is 0 Å². The van der Waals surface area contributed by atoms with E-state index in [9.17, 15) is 9.90 Å². The number of hydrogen-bond donors (Lipinski definition) is 1. The van der Waals surface area contributed by atoms with Crippen LogP contribution in [-0.4, -0.2) is 11.1 Å². The molecule has 0 saturated carbocycles. The first-order valence-corrected chi connectivity index (χ1v) is 19.6. The van der Waals surface area contributed by atoms with Gasteiger partial charge in [0, 0.05) is 47.0 Å². The van der Waals surface area contributed by atoms with Gasteiger partial charge in [-0.15, -0.1) is 22.7 Å². The molecule has 2 heterocycles. The van der Waals surface area contributed by atoms with Gasteiger partial charge in [-0.25, -0.2) is 4.79 Å². The summed E-state index contributed by atoms with van der Waals surface area (Å²) in [6.45, 7) is 9.33. The minimum absolute atomic E-state index is 0.115. The van der Waals surface area contributed by atoms with Gasteiger partial charge < -0.3 is 10.0 Å². The number of hydrogen-bond acceptors (Lipinski definition) is 5. The van der Waals surface area contributed by atoms with Crippen molar-refractivity contribution in [2.75, 3.05) is 4.90 Å². The lowest BCUT2D eigenvalue weighted by Crippen LogP contribution is -2.18. The highest BCUT2D eigenvalue weighted by Crippen LogP contribution is 2.53. The van der Waals surface area contributed by atoms with E-state index in [1.165, 1.54) is 61.9 Å². The van der Waals surface area contributed by atoms with E-state index >= 15 is 0 Å². The summed E-state index contributed by atoms with van der Waals surface area (Å²) in [5, 5.41) is 18.3. The highest BCUT2D eigenvalue weighted by atomic mass is 32.1. The first-order valence-electron chi connectivity index (χ1n) is 18.0. The van der Waals surface area contributed by atoms with Crippen LogP contribution >= 0.6 is 22.7 Å². The van der Waals surface area contributed by atoms with Crippen LogP contribution < -0.4 is 4.90 Å². The molecule has 0 unspecified atom stereocenters. The van der Waals surface area contributed by atoms with Crippen molar-refractivity contribution < 1.29 is 9.90 Å². The Balaban J connectivity index is 1.08. The van der Waals surface area contributed by atoms with Crippen molar-refractivity contribution in [2.24, 2.45) is 0 Å². The Labute approximate surface area is 323 Å². The van der Waals surface area contributed by atoms with Crippen LogP contribution in [0.15, 0.2) is 127 Å². The molecule has 6 heteroatoms. The monoisotopic (exact) mass is 736 g/mol. The van der Waals surface area contributed by atoms with Crippen molar-refractivity contribution in [1.29, 1.82) is 5.26 Å². The zero-order chi connectivity index (χ0) is 37.4. The van der Waals surface area contributed by atoms with Gasteiger partial charge in [-0.05, 0) is 111 Å². The molecule has 0 spiro atoms. The summed E-state index contributed by atoms with van der Waals surface area (Å²) in [7, 11) is 0. The fourth-order valence-electron chi connectivity index (χ4n) is 8.33. The number of carboxylic acids is 1. The Bertz CT molecular complexity index is 2630. The quantitative estimate of drug-likeness (QED) is 0.131. The van der Waals surface area contributed by atoms with Crippen LogP contribution in [0.25, 0.3) is 49.9 Å². The standard InChI is InChI=1S/C48H36N2O2S2/c1-47(2)40-11-7-5-9-36(40)38-21-18-32(24-42(38)47)50(33-19-22-39-37-10-6-8-12-41(37)48(3,4)43(39)25-33)31-16-13-29(14-17-31)15-20-34-26-44-45(53-34)27-35(54-44)23-30(28-49)46(51)52/h5-27H,1-4H3,(H,51,52). The molecule has 262 valence electrons. The summed E-state index contributed by atoms with van der Waals surface area (Å²) in [4.78, 5) is 15.5. The number of anilines is 3. The lowest BCUT2D eigenvalue weighted by atomic mass is 9.82. The minimum Gasteiger partial charge on any atom is -0.477 e. The Kier molecular flexibility index (Phi) is 7.86. The molecule has 9 rings (SSSR count). The molecule has 4 nitrogen and oxygen atoms in total. The number of nitriles is 1. The lowest BCUT2D eigenvalue weighted by molar-refractivity contribution is -0.132. The van der Waals surface area contributed by atoms with Crippen molar-refractivity contribution in [1.82, 2.24) is 0 Å². The summed E-state index contributed by atoms with van der Waals surface area (Å²) in [5.41, 5.74) is 14.6. The van der Waals surface area contributed by atoms with Gasteiger partial charge in [-0.3, -0.25) is 0 Å². The average molecular weight is 737 g/mol. The van der Waals surface area contributed by atoms with Gasteiger partial charge in [-0.1, -0.05) is 107 Å². The predicted molar refractivity (Wildman–Crippen MR) is 226 cm³/mol. The summed E-state index contributed by atoms with van der Waals surface area (Å²) in [6.07, 6.45) is 5.69. The minimum atomic E-state index is -1.21. The summed E-state index contributed by atoms with van der Waals surface area (Å²) in [5.74, 6) is -1.21. The number of carbonyl (C=O) groups is 1. The van der Waals surface area contributed by atoms with E-state index in [2.05, 4.69) is 160 Å². The topological polar surface area (TPSA) is 64.3 Å². The van der Waals surface area contributed by atoms with Crippen LogP contribution in [0.1, 0.15) is 65.3 Å². The van der Waals surface area contributed by atoms with Crippen molar-refractivity contribution in [3.8, 4) is 28.3 Å². The first-order chi connectivity index (χ1) is 26.0. The number of benzene rings is 5. The second-order valence-corrected chi connectivity index (χ2v) is 17.3. The normalized spacial score (nSPS) is 14.8. The number of thiophene rings is 2. The number of fused-ring (bicyclic) bond motifs is 7. The fraction of sp³-hybridized carbons (Fsp3) is 0.125. The van der Waals surface area contributed by atoms with Gasteiger partial charge in [0.1, 0.15) is 11.6 Å². The molecule has 0 fully saturated rings. The predicted octanol–water partition coefficient (Wildman–Crippen LogP) is 13.2. The molecule has 0 atom stereocenters. The maximum Gasteiger partial charge on any atom is 0.346 e. The summed E-state index contributed by atoms with van der Waals surface area (Å²) in [6, 6.07) is 46.1. The van der Waals surface area contributed by atoms with Gasteiger partial charge in [0.2, 0.25) is 0 Å². The Morgan fingerprint density at radius 1 is 0.611 bits per heavy atom. The zero-order valence-corrected chi connectivity index (χ0v) is 32.0. The zero-order valence-electron chi connectivity index (χ0n) is 30.3. The van der Waals surface area contributed by atoms with Gasteiger partial charge in [0.15, 0.2) is 0 Å². The third-order valence-electron chi connectivity index (χ3n) is 11.1. The molecule has 1 N–H and O–H groups in total. The molecule has 0 amide bonds. The highest BCUT2D eigenvalue weighted by Gasteiger charge is 2.37. The molecule has 5 aromatic carbocycles. The number of rotatable bonds is 7. The molecule has 0 radical (unpaired) electrons. The van der Waals surface area contributed by atoms with E-state index < -0.39 is 5.97 Å². The van der Waals surface area contributed by atoms with Crippen molar-refractivity contribution in [3.63, 3.8) is 0 Å². The van der Waals surface area contributed by atoms with E-state index in [1.54, 1.807) is 17.4 Å². The Morgan fingerprint density at radius 3 is 1.63 bits per heavy atom. The van der Waals surface area contributed by atoms with Crippen molar-refractivity contribution >= 4 is 73.3 Å². The Morgan fingerprint density at radius 2 is 1.09 bits per heavy atom. The molecule has 2 aromatic heterocycles. The third-order valence-corrected chi connectivity index (χ3v) is 13.3. The van der Waals surface area contributed by atoms with Crippen LogP contribution in [0.2, 0.25) is 0 Å². The summed E-state index contributed by atoms with van der Waals surface area (Å²) < 4.78 is 2.14. The van der Waals surface area contributed by atoms with Gasteiger partial charge in [-0.2, -0.15) is 5.26 Å². The number of aliphatic carboxylic acids is 1. The van der Waals surface area contributed by atoms with Crippen LogP contribution in [-0.2, 0) is 15.6 Å². The van der Waals surface area contributed by atoms with E-state index in [0.29, 0.717) is 0 Å². The van der Waals surface area contributed by atoms with E-state index in [-0.39, 0.29) is 16.4 Å². The Hall–Kier alpha value is -6.00. The van der Waals surface area contributed by atoms with Crippen LogP contribution in [0.5, 0.6) is 0 Å². The molecule has 54 heavy (non-hydrogen) atoms. The van der Waals surface area contributed by atoms with Gasteiger partial charge in [0.25, 0.3) is 0 Å². The van der Waals surface area contributed by atoms with Crippen molar-refractivity contribution in [3.05, 3.63) is 164 Å². The van der Waals surface area contributed by atoms with Crippen molar-refractivity contribution in [2.45, 2.75) is 38.5 Å². The SMILES string of the molecule is CC1(C)c2ccccc2-c2ccc(N(c3ccc(C=Cc4cc5sc(C=C(C#N)C(=O)O)cc5s4)cc3)c3ccc4c(c3)C(C)(C)c3ccccc3-4)cc21. The smallest absolute Gasteiger partial charge is 0.346 e. The highest BCUT2D eigenvalue weighted by molar-refractivity contribution is 7.28. The van der Waals surface area contributed by atoms with E-state index in [4.69, 9.17) is 5.26 Å². The van der Waals surface area contributed by atoms with Crippen LogP contribution in [0, 0.1) is 11.3 Å². The third kappa shape index (κ3) is 5.43. The molecule has 2 aliphatic carbocycles. The van der Waals surface area contributed by atoms with Crippen LogP contribution in [0.4, 0.5) is 17.1 Å². The molecule has 2 aliphatic rings. The van der Waals surface area contributed by atoms with E-state index in [0.717, 1.165) is 41.8 Å². The first kappa shape index (κ1) is 33.8. The molecular formula is C48H36N2O2S2. The molecule has 0 bridgehead atoms. The second-order valence-electron chi connectivity index (χ2n) is 15.1. The van der Waals surface area contributed by atoms with Gasteiger partial charge in [0.05, 0.1) is 0 Å². The number of nitrogens with zero attached hydrogens (tertiary/aromatic N) is 2. The fourth-order valence-corrected chi connectivity index (χ4v) is 10.6. The average Bonchev–Trinajstić information content (AvgIpc) is 3.86. The number of carboxylic acid groups (broad SMARTS) is 1. The lowest BCUT2D eigenvalue weighted by Gasteiger charge is -2.29. The second kappa shape index (κ2) is 12.6. The maximum absolute atomic E-state index is 11.3.